The number of thiazole rings is 1. The topological polar surface area (TPSA) is 62.6 Å². The quantitative estimate of drug-likeness (QED) is 0.255. The van der Waals surface area contributed by atoms with Gasteiger partial charge in [-0.1, -0.05) is 0 Å². The second-order valence-electron chi connectivity index (χ2n) is 5.65. The SMILES string of the molecule is CCNC(=NCCOc1ncccc1C(F)(F)F)N(C)Cc1csc(C)n1.I. The lowest BCUT2D eigenvalue weighted by atomic mass is 10.2. The van der Waals surface area contributed by atoms with Crippen LogP contribution in [0, 0.1) is 6.92 Å². The zero-order valence-electron chi connectivity index (χ0n) is 15.8. The Morgan fingerprint density at radius 3 is 2.75 bits per heavy atom. The monoisotopic (exact) mass is 529 g/mol. The minimum atomic E-state index is -4.51. The molecule has 2 rings (SSSR count). The number of aliphatic imine (C=N–C) groups is 1. The lowest BCUT2D eigenvalue weighted by Crippen LogP contribution is -2.38. The van der Waals surface area contributed by atoms with Crippen LogP contribution in [0.5, 0.6) is 5.88 Å². The summed E-state index contributed by atoms with van der Waals surface area (Å²) in [6.45, 7) is 5.30. The van der Waals surface area contributed by atoms with E-state index in [-0.39, 0.29) is 37.1 Å². The van der Waals surface area contributed by atoms with E-state index in [1.54, 1.807) is 11.3 Å². The second-order valence-corrected chi connectivity index (χ2v) is 6.71. The average molecular weight is 529 g/mol. The molecule has 0 aliphatic carbocycles. The van der Waals surface area contributed by atoms with Gasteiger partial charge in [0.1, 0.15) is 12.2 Å². The van der Waals surface area contributed by atoms with Gasteiger partial charge in [0.25, 0.3) is 0 Å². The molecule has 2 aromatic rings. The van der Waals surface area contributed by atoms with E-state index in [4.69, 9.17) is 4.74 Å². The fourth-order valence-corrected chi connectivity index (χ4v) is 2.89. The first-order valence-corrected chi connectivity index (χ1v) is 9.24. The number of ether oxygens (including phenoxy) is 1. The molecule has 2 heterocycles. The first-order valence-electron chi connectivity index (χ1n) is 8.36. The van der Waals surface area contributed by atoms with Crippen LogP contribution in [0.2, 0.25) is 0 Å². The smallest absolute Gasteiger partial charge is 0.421 e. The highest BCUT2D eigenvalue weighted by atomic mass is 127. The Hall–Kier alpha value is -1.63. The number of nitrogens with one attached hydrogen (secondary N) is 1. The molecular formula is C17H23F3IN5OS. The number of nitrogens with zero attached hydrogens (tertiary/aromatic N) is 4. The van der Waals surface area contributed by atoms with E-state index in [9.17, 15) is 13.2 Å². The van der Waals surface area contributed by atoms with Crippen molar-refractivity contribution in [3.63, 3.8) is 0 Å². The van der Waals surface area contributed by atoms with E-state index in [1.165, 1.54) is 12.3 Å². The van der Waals surface area contributed by atoms with E-state index < -0.39 is 17.6 Å². The van der Waals surface area contributed by atoms with Gasteiger partial charge < -0.3 is 15.0 Å². The molecular weight excluding hydrogens is 506 g/mol. The van der Waals surface area contributed by atoms with Gasteiger partial charge in [0.2, 0.25) is 5.88 Å². The predicted octanol–water partition coefficient (Wildman–Crippen LogP) is 3.96. The van der Waals surface area contributed by atoms with Crippen LogP contribution in [0.25, 0.3) is 0 Å². The normalized spacial score (nSPS) is 11.7. The summed E-state index contributed by atoms with van der Waals surface area (Å²) in [4.78, 5) is 14.4. The second kappa shape index (κ2) is 11.4. The largest absolute Gasteiger partial charge is 0.475 e. The molecule has 156 valence electrons. The molecule has 0 bridgehead atoms. The van der Waals surface area contributed by atoms with Gasteiger partial charge in [0.15, 0.2) is 5.96 Å². The van der Waals surface area contributed by atoms with E-state index in [0.29, 0.717) is 19.0 Å². The number of hydrogen-bond donors (Lipinski definition) is 1. The number of rotatable bonds is 7. The molecule has 28 heavy (non-hydrogen) atoms. The standard InChI is InChI=1S/C17H22F3N5OS.HI/c1-4-21-16(25(3)10-13-11-27-12(2)24-13)23-8-9-26-15-14(17(18,19)20)6-5-7-22-15;/h5-7,11H,4,8-10H2,1-3H3,(H,21,23);1H. The fourth-order valence-electron chi connectivity index (χ4n) is 2.28. The summed E-state index contributed by atoms with van der Waals surface area (Å²) < 4.78 is 44.0. The van der Waals surface area contributed by atoms with Gasteiger partial charge in [-0.2, -0.15) is 13.2 Å². The molecule has 0 saturated carbocycles. The van der Waals surface area contributed by atoms with E-state index in [0.717, 1.165) is 16.8 Å². The Morgan fingerprint density at radius 2 is 2.14 bits per heavy atom. The van der Waals surface area contributed by atoms with Crippen LogP contribution in [0.15, 0.2) is 28.7 Å². The molecule has 0 radical (unpaired) electrons. The van der Waals surface area contributed by atoms with E-state index in [2.05, 4.69) is 20.3 Å². The van der Waals surface area contributed by atoms with Crippen LogP contribution in [0.3, 0.4) is 0 Å². The average Bonchev–Trinajstić information content (AvgIpc) is 3.02. The molecule has 2 aromatic heterocycles. The molecule has 0 aliphatic rings. The summed E-state index contributed by atoms with van der Waals surface area (Å²) >= 11 is 1.58. The predicted molar refractivity (Wildman–Crippen MR) is 114 cm³/mol. The van der Waals surface area contributed by atoms with Crippen LogP contribution in [0.1, 0.15) is 23.2 Å². The molecule has 0 aromatic carbocycles. The van der Waals surface area contributed by atoms with Gasteiger partial charge in [0.05, 0.1) is 23.8 Å². The lowest BCUT2D eigenvalue weighted by Gasteiger charge is -2.21. The lowest BCUT2D eigenvalue weighted by molar-refractivity contribution is -0.139. The summed E-state index contributed by atoms with van der Waals surface area (Å²) in [7, 11) is 1.87. The summed E-state index contributed by atoms with van der Waals surface area (Å²) in [5.74, 6) is 0.195. The maximum absolute atomic E-state index is 12.9. The third-order valence-electron chi connectivity index (χ3n) is 3.43. The van der Waals surface area contributed by atoms with Crippen molar-refractivity contribution in [2.45, 2.75) is 26.6 Å². The molecule has 0 saturated heterocycles. The van der Waals surface area contributed by atoms with Gasteiger partial charge in [0, 0.05) is 25.2 Å². The number of alkyl halides is 3. The van der Waals surface area contributed by atoms with Crippen molar-refractivity contribution in [1.29, 1.82) is 0 Å². The van der Waals surface area contributed by atoms with Gasteiger partial charge in [-0.05, 0) is 26.0 Å². The highest BCUT2D eigenvalue weighted by molar-refractivity contribution is 14.0. The number of guanidine groups is 1. The summed E-state index contributed by atoms with van der Waals surface area (Å²) in [6, 6.07) is 2.17. The highest BCUT2D eigenvalue weighted by Crippen LogP contribution is 2.34. The zero-order valence-corrected chi connectivity index (χ0v) is 18.9. The minimum Gasteiger partial charge on any atom is -0.475 e. The van der Waals surface area contributed by atoms with E-state index >= 15 is 0 Å². The Labute approximate surface area is 183 Å². The van der Waals surface area contributed by atoms with Crippen LogP contribution in [0.4, 0.5) is 13.2 Å². The Bertz CT molecular complexity index is 769. The maximum Gasteiger partial charge on any atom is 0.421 e. The minimum absolute atomic E-state index is 0. The molecule has 0 fully saturated rings. The molecule has 0 aliphatic heterocycles. The molecule has 6 nitrogen and oxygen atoms in total. The summed E-state index contributed by atoms with van der Waals surface area (Å²) in [6.07, 6.45) is -3.24. The molecule has 1 N–H and O–H groups in total. The third-order valence-corrected chi connectivity index (χ3v) is 4.25. The van der Waals surface area contributed by atoms with Crippen molar-refractivity contribution in [2.75, 3.05) is 26.7 Å². The Balaban J connectivity index is 0.00000392. The molecule has 0 unspecified atom stereocenters. The number of aryl methyl sites for hydroxylation is 1. The summed E-state index contributed by atoms with van der Waals surface area (Å²) in [5, 5.41) is 6.12. The van der Waals surface area contributed by atoms with Crippen LogP contribution in [-0.2, 0) is 12.7 Å². The van der Waals surface area contributed by atoms with Crippen molar-refractivity contribution in [3.05, 3.63) is 40.0 Å². The number of aromatic nitrogens is 2. The van der Waals surface area contributed by atoms with Gasteiger partial charge >= 0.3 is 6.18 Å². The highest BCUT2D eigenvalue weighted by Gasteiger charge is 2.34. The molecule has 0 amide bonds. The first kappa shape index (κ1) is 24.4. The maximum atomic E-state index is 12.9. The first-order chi connectivity index (χ1) is 12.8. The number of pyridine rings is 1. The fraction of sp³-hybridized carbons (Fsp3) is 0.471. The van der Waals surface area contributed by atoms with Gasteiger partial charge in [-0.15, -0.1) is 35.3 Å². The van der Waals surface area contributed by atoms with E-state index in [1.807, 2.05) is 31.2 Å². The number of halogens is 4. The zero-order chi connectivity index (χ0) is 19.9. The Kier molecular flexibility index (Phi) is 9.93. The number of hydrogen-bond acceptors (Lipinski definition) is 5. The Morgan fingerprint density at radius 1 is 1.39 bits per heavy atom. The van der Waals surface area contributed by atoms with Gasteiger partial charge in [-0.3, -0.25) is 0 Å². The van der Waals surface area contributed by atoms with Crippen LogP contribution in [-0.4, -0.2) is 47.6 Å². The molecule has 0 spiro atoms. The summed E-state index contributed by atoms with van der Waals surface area (Å²) in [5.41, 5.74) is 0.0436. The van der Waals surface area contributed by atoms with Gasteiger partial charge in [-0.25, -0.2) is 15.0 Å². The van der Waals surface area contributed by atoms with Crippen molar-refractivity contribution >= 4 is 41.3 Å². The molecule has 0 atom stereocenters. The molecule has 11 heteroatoms. The van der Waals surface area contributed by atoms with Crippen LogP contribution >= 0.6 is 35.3 Å². The third kappa shape index (κ3) is 7.41. The van der Waals surface area contributed by atoms with Crippen molar-refractivity contribution in [1.82, 2.24) is 20.2 Å². The van der Waals surface area contributed by atoms with Crippen molar-refractivity contribution in [3.8, 4) is 5.88 Å². The van der Waals surface area contributed by atoms with Crippen molar-refractivity contribution in [2.24, 2.45) is 4.99 Å². The van der Waals surface area contributed by atoms with Crippen molar-refractivity contribution < 1.29 is 17.9 Å². The van der Waals surface area contributed by atoms with Crippen LogP contribution < -0.4 is 10.1 Å².